The third-order valence-electron chi connectivity index (χ3n) is 12.3. The summed E-state index contributed by atoms with van der Waals surface area (Å²) >= 11 is 7.29. The average Bonchev–Trinajstić information content (AvgIpc) is 3.74. The first-order valence-electron chi connectivity index (χ1n) is 20.6. The lowest BCUT2D eigenvalue weighted by Gasteiger charge is -2.47. The molecule has 3 N–H and O–H groups in total. The van der Waals surface area contributed by atoms with Crippen molar-refractivity contribution >= 4 is 63.0 Å². The highest BCUT2D eigenvalue weighted by Crippen LogP contribution is 2.55. The van der Waals surface area contributed by atoms with Crippen molar-refractivity contribution in [3.8, 4) is 11.5 Å². The number of allylic oxidation sites excluding steroid dienone is 1. The van der Waals surface area contributed by atoms with E-state index in [0.717, 1.165) is 72.5 Å². The van der Waals surface area contributed by atoms with Crippen molar-refractivity contribution in [2.75, 3.05) is 51.3 Å². The number of H-pyrrole nitrogens is 1. The number of anilines is 1. The molecule has 3 aromatic carbocycles. The summed E-state index contributed by atoms with van der Waals surface area (Å²) in [5.74, 6) is 0.478. The van der Waals surface area contributed by atoms with E-state index < -0.39 is 10.8 Å². The van der Waals surface area contributed by atoms with E-state index in [1.165, 1.54) is 48.5 Å². The molecule has 1 saturated carbocycles. The quantitative estimate of drug-likeness (QED) is 0.0595. The van der Waals surface area contributed by atoms with Crippen LogP contribution in [0.2, 0.25) is 5.02 Å². The van der Waals surface area contributed by atoms with Crippen LogP contribution in [-0.2, 0) is 9.47 Å². The first kappa shape index (κ1) is 40.2. The summed E-state index contributed by atoms with van der Waals surface area (Å²) in [6.45, 7) is 4.51. The van der Waals surface area contributed by atoms with Gasteiger partial charge in [0.2, 0.25) is 0 Å². The van der Waals surface area contributed by atoms with Crippen LogP contribution in [0.4, 0.5) is 11.4 Å². The van der Waals surface area contributed by atoms with Gasteiger partial charge in [0.25, 0.3) is 11.6 Å². The number of aromatic amines is 1. The van der Waals surface area contributed by atoms with Gasteiger partial charge in [-0.25, -0.2) is 4.98 Å². The van der Waals surface area contributed by atoms with E-state index >= 15 is 0 Å². The predicted molar refractivity (Wildman–Crippen MR) is 236 cm³/mol. The zero-order valence-electron chi connectivity index (χ0n) is 33.2. The van der Waals surface area contributed by atoms with Crippen molar-refractivity contribution in [1.82, 2.24) is 19.6 Å². The summed E-state index contributed by atoms with van der Waals surface area (Å²) in [4.78, 5) is 36.1. The first-order chi connectivity index (χ1) is 29.3. The largest absolute Gasteiger partial charge is 0.455 e. The van der Waals surface area contributed by atoms with Gasteiger partial charge in [0.1, 0.15) is 22.8 Å². The molecular weight excluding hydrogens is 800 g/mol. The van der Waals surface area contributed by atoms with E-state index in [2.05, 4.69) is 43.1 Å². The van der Waals surface area contributed by atoms with E-state index in [-0.39, 0.29) is 11.8 Å². The Morgan fingerprint density at radius 2 is 1.92 bits per heavy atom. The predicted octanol–water partition coefficient (Wildman–Crippen LogP) is 10.1. The van der Waals surface area contributed by atoms with Crippen molar-refractivity contribution in [3.05, 3.63) is 129 Å². The van der Waals surface area contributed by atoms with Crippen LogP contribution in [0, 0.1) is 15.5 Å². The maximum absolute atomic E-state index is 13.9. The number of rotatable bonds is 13. The molecule has 0 bridgehead atoms. The van der Waals surface area contributed by atoms with Crippen LogP contribution in [0.25, 0.3) is 22.2 Å². The van der Waals surface area contributed by atoms with Crippen LogP contribution in [0.5, 0.6) is 11.5 Å². The Hall–Kier alpha value is -5.18. The van der Waals surface area contributed by atoms with Gasteiger partial charge in [0, 0.05) is 53.7 Å². The van der Waals surface area contributed by atoms with E-state index in [1.807, 2.05) is 42.6 Å². The van der Waals surface area contributed by atoms with Gasteiger partial charge in [-0.2, -0.15) is 0 Å². The summed E-state index contributed by atoms with van der Waals surface area (Å²) in [6.07, 6.45) is 14.0. The summed E-state index contributed by atoms with van der Waals surface area (Å²) in [7, 11) is 0. The van der Waals surface area contributed by atoms with Gasteiger partial charge in [-0.05, 0) is 127 Å². The molecule has 4 aliphatic rings. The molecule has 0 radical (unpaired) electrons. The van der Waals surface area contributed by atoms with Gasteiger partial charge in [0.05, 0.1) is 42.6 Å². The molecule has 12 nitrogen and oxygen atoms in total. The second-order valence-corrected chi connectivity index (χ2v) is 17.5. The Morgan fingerprint density at radius 1 is 1.05 bits per heavy atom. The van der Waals surface area contributed by atoms with Crippen LogP contribution in [-0.4, -0.2) is 77.8 Å². The first-order valence-corrected chi connectivity index (χ1v) is 21.8. The molecule has 14 heteroatoms. The van der Waals surface area contributed by atoms with Crippen LogP contribution in [0.1, 0.15) is 66.4 Å². The summed E-state index contributed by atoms with van der Waals surface area (Å²) < 4.78 is 20.4. The summed E-state index contributed by atoms with van der Waals surface area (Å²) in [5, 5.41) is 16.8. The molecule has 5 aromatic rings. The van der Waals surface area contributed by atoms with E-state index in [0.29, 0.717) is 59.4 Å². The SMILES string of the molecule is O=C(NSc1ccc(NCC2COCCO2)c([N+](=O)[O-])c1)c1ccc(C2=CCN(CC3=C(c4ccc(Cl)cc4)CC4(CCC4)CC3)CC2)cc1Oc1cnc2[nH]ccc2c1. The normalized spacial score (nSPS) is 19.1. The third kappa shape index (κ3) is 9.10. The second kappa shape index (κ2) is 17.8. The number of hydrogen-bond donors (Lipinski definition) is 3. The fourth-order valence-corrected chi connectivity index (χ4v) is 9.54. The van der Waals surface area contributed by atoms with Crippen LogP contribution in [0.15, 0.2) is 102 Å². The number of nitrogens with one attached hydrogen (secondary N) is 3. The number of nitrogens with zero attached hydrogens (tertiary/aromatic N) is 3. The van der Waals surface area contributed by atoms with Crippen LogP contribution in [0.3, 0.4) is 0 Å². The molecule has 2 aromatic heterocycles. The Balaban J connectivity index is 0.916. The van der Waals surface area contributed by atoms with Crippen LogP contribution < -0.4 is 14.8 Å². The highest BCUT2D eigenvalue weighted by Gasteiger charge is 2.40. The lowest BCUT2D eigenvalue weighted by Crippen LogP contribution is -2.36. The van der Waals surface area contributed by atoms with Crippen LogP contribution >= 0.6 is 23.5 Å². The molecule has 2 fully saturated rings. The topological polar surface area (TPSA) is 144 Å². The lowest BCUT2D eigenvalue weighted by molar-refractivity contribution is -0.384. The number of halogens is 1. The van der Waals surface area contributed by atoms with Crippen molar-refractivity contribution in [2.45, 2.75) is 55.9 Å². The van der Waals surface area contributed by atoms with Gasteiger partial charge in [-0.15, -0.1) is 0 Å². The lowest BCUT2D eigenvalue weighted by atomic mass is 9.59. The minimum Gasteiger partial charge on any atom is -0.455 e. The molecule has 9 rings (SSSR count). The van der Waals surface area contributed by atoms with E-state index in [9.17, 15) is 14.9 Å². The summed E-state index contributed by atoms with van der Waals surface area (Å²) in [6, 6.07) is 22.7. The smallest absolute Gasteiger partial charge is 0.293 e. The summed E-state index contributed by atoms with van der Waals surface area (Å²) in [5.41, 5.74) is 8.34. The molecule has 1 amide bonds. The minimum atomic E-state index is -0.443. The molecule has 310 valence electrons. The number of nitro groups is 1. The van der Waals surface area contributed by atoms with Gasteiger partial charge >= 0.3 is 0 Å². The maximum Gasteiger partial charge on any atom is 0.293 e. The number of amides is 1. The number of nitro benzene ring substituents is 1. The number of aromatic nitrogens is 2. The standard InChI is InChI=1S/C46H47ClN6O6S/c47-35-5-2-31(3-6-35)40-25-46(14-1-15-46)16-10-34(40)28-52-18-12-30(13-19-52)32-4-8-39(43(23-32)59-36-22-33-11-17-48-44(33)50-26-36)45(54)51-60-38-7-9-41(42(24-38)53(55)56)49-27-37-29-57-20-21-58-37/h2-9,11-12,17,22-24,26,37,49H,1,10,13-16,18-21,25,27-29H2,(H,48,50)(H,51,54). The maximum atomic E-state index is 13.9. The molecular formula is C46H47ClN6O6S. The van der Waals surface area contributed by atoms with Crippen molar-refractivity contribution in [2.24, 2.45) is 5.41 Å². The molecule has 2 aliphatic carbocycles. The zero-order chi connectivity index (χ0) is 41.1. The van der Waals surface area contributed by atoms with Gasteiger partial charge in [-0.1, -0.05) is 47.9 Å². The van der Waals surface area contributed by atoms with E-state index in [1.54, 1.807) is 30.0 Å². The molecule has 1 atom stereocenters. The minimum absolute atomic E-state index is 0.106. The van der Waals surface area contributed by atoms with Crippen molar-refractivity contribution < 1.29 is 23.9 Å². The number of carbonyl (C=O) groups excluding carboxylic acids is 1. The fourth-order valence-electron chi connectivity index (χ4n) is 8.79. The third-order valence-corrected chi connectivity index (χ3v) is 13.3. The second-order valence-electron chi connectivity index (χ2n) is 16.2. The Labute approximate surface area is 358 Å². The molecule has 1 saturated heterocycles. The van der Waals surface area contributed by atoms with Gasteiger partial charge in [0.15, 0.2) is 0 Å². The number of ether oxygens (including phenoxy) is 3. The number of fused-ring (bicyclic) bond motifs is 1. The highest BCUT2D eigenvalue weighted by atomic mass is 35.5. The van der Waals surface area contributed by atoms with Crippen molar-refractivity contribution in [1.29, 1.82) is 0 Å². The Bertz CT molecular complexity index is 2460. The molecule has 2 aliphatic heterocycles. The fraction of sp³-hybridized carbons (Fsp3) is 0.348. The molecule has 1 spiro atoms. The number of hydrogen-bond acceptors (Lipinski definition) is 10. The Kier molecular flexibility index (Phi) is 11.9. The molecule has 1 unspecified atom stereocenters. The van der Waals surface area contributed by atoms with Gasteiger partial charge < -0.3 is 24.5 Å². The number of carbonyl (C=O) groups is 1. The Morgan fingerprint density at radius 3 is 2.68 bits per heavy atom. The number of benzene rings is 3. The monoisotopic (exact) mass is 846 g/mol. The zero-order valence-corrected chi connectivity index (χ0v) is 34.8. The molecule has 60 heavy (non-hydrogen) atoms. The number of pyridine rings is 1. The van der Waals surface area contributed by atoms with Gasteiger partial charge in [-0.3, -0.25) is 24.5 Å². The average molecular weight is 847 g/mol. The molecule has 4 heterocycles. The van der Waals surface area contributed by atoms with Crippen molar-refractivity contribution in [3.63, 3.8) is 0 Å². The highest BCUT2D eigenvalue weighted by molar-refractivity contribution is 7.98. The van der Waals surface area contributed by atoms with E-state index in [4.69, 9.17) is 25.8 Å².